The van der Waals surface area contributed by atoms with Gasteiger partial charge in [-0.15, -0.1) is 11.3 Å². The van der Waals surface area contributed by atoms with Crippen LogP contribution in [-0.2, 0) is 0 Å². The zero-order valence-electron chi connectivity index (χ0n) is 14.9. The van der Waals surface area contributed by atoms with Crippen LogP contribution in [0.25, 0.3) is 5.95 Å². The Labute approximate surface area is 156 Å². The maximum absolute atomic E-state index is 4.47. The highest BCUT2D eigenvalue weighted by Gasteiger charge is 2.25. The first kappa shape index (κ1) is 17.8. The van der Waals surface area contributed by atoms with Crippen LogP contribution in [0.4, 0.5) is 11.9 Å². The van der Waals surface area contributed by atoms with Gasteiger partial charge in [-0.2, -0.15) is 24.7 Å². The van der Waals surface area contributed by atoms with Gasteiger partial charge in [-0.3, -0.25) is 0 Å². The van der Waals surface area contributed by atoms with Crippen LogP contribution in [0.1, 0.15) is 31.6 Å². The highest BCUT2D eigenvalue weighted by Crippen LogP contribution is 2.21. The lowest BCUT2D eigenvalue weighted by molar-refractivity contribution is 0.549. The molecule has 0 saturated heterocycles. The van der Waals surface area contributed by atoms with E-state index in [1.54, 1.807) is 24.7 Å². The van der Waals surface area contributed by atoms with Crippen molar-refractivity contribution in [3.63, 3.8) is 0 Å². The van der Waals surface area contributed by atoms with Crippen molar-refractivity contribution >= 4 is 23.2 Å². The second-order valence-electron chi connectivity index (χ2n) is 5.51. The average Bonchev–Trinajstić information content (AvgIpc) is 3.39. The van der Waals surface area contributed by atoms with E-state index >= 15 is 0 Å². The van der Waals surface area contributed by atoms with E-state index in [1.807, 2.05) is 17.5 Å². The van der Waals surface area contributed by atoms with Crippen molar-refractivity contribution in [2.24, 2.45) is 0 Å². The van der Waals surface area contributed by atoms with Gasteiger partial charge in [-0.05, 0) is 24.3 Å². The van der Waals surface area contributed by atoms with E-state index in [0.29, 0.717) is 17.8 Å². The van der Waals surface area contributed by atoms with Crippen molar-refractivity contribution in [3.8, 4) is 17.8 Å². The molecule has 0 amide bonds. The van der Waals surface area contributed by atoms with Crippen molar-refractivity contribution in [3.05, 3.63) is 35.0 Å². The first-order valence-corrected chi connectivity index (χ1v) is 9.19. The summed E-state index contributed by atoms with van der Waals surface area (Å²) in [6.07, 6.45) is 4.59. The van der Waals surface area contributed by atoms with E-state index in [9.17, 15) is 0 Å². The lowest BCUT2D eigenvalue weighted by Gasteiger charge is -2.27. The monoisotopic (exact) mass is 368 g/mol. The van der Waals surface area contributed by atoms with Gasteiger partial charge in [0.05, 0.1) is 4.88 Å². The molecule has 3 aromatic rings. The normalized spacial score (nSPS) is 10.9. The molecule has 0 spiro atoms. The van der Waals surface area contributed by atoms with Gasteiger partial charge in [0.25, 0.3) is 5.95 Å². The summed E-state index contributed by atoms with van der Waals surface area (Å²) in [6.45, 7) is 4.19. The van der Waals surface area contributed by atoms with Crippen LogP contribution in [0.2, 0.25) is 0 Å². The minimum Gasteiger partial charge on any atom is -0.357 e. The zero-order chi connectivity index (χ0) is 18.4. The predicted molar refractivity (Wildman–Crippen MR) is 102 cm³/mol. The molecule has 8 nitrogen and oxygen atoms in total. The summed E-state index contributed by atoms with van der Waals surface area (Å²) >= 11 is 1.63. The molecule has 3 aromatic heterocycles. The molecule has 0 bridgehead atoms. The molecule has 0 aliphatic carbocycles. The molecule has 0 saturated carbocycles. The number of nitrogens with one attached hydrogen (secondary N) is 2. The van der Waals surface area contributed by atoms with Crippen LogP contribution in [-0.4, -0.2) is 42.3 Å². The quantitative estimate of drug-likeness (QED) is 0.646. The molecule has 0 fully saturated rings. The fourth-order valence-electron chi connectivity index (χ4n) is 2.33. The Bertz CT molecular complexity index is 889. The Morgan fingerprint density at radius 3 is 2.62 bits per heavy atom. The Kier molecular flexibility index (Phi) is 5.43. The predicted octanol–water partition coefficient (Wildman–Crippen LogP) is 2.58. The van der Waals surface area contributed by atoms with Crippen molar-refractivity contribution < 1.29 is 0 Å². The summed E-state index contributed by atoms with van der Waals surface area (Å²) < 4.78 is 1.49. The second kappa shape index (κ2) is 7.93. The molecule has 0 radical (unpaired) electrons. The van der Waals surface area contributed by atoms with Crippen LogP contribution in [0.15, 0.2) is 30.2 Å². The topological polar surface area (TPSA) is 93.4 Å². The number of hydrogen-bond donors (Lipinski definition) is 2. The van der Waals surface area contributed by atoms with E-state index in [-0.39, 0.29) is 0 Å². The Balaban J connectivity index is 1.95. The average molecular weight is 368 g/mol. The number of thiophene rings is 1. The highest BCUT2D eigenvalue weighted by atomic mass is 32.1. The smallest absolute Gasteiger partial charge is 0.258 e. The lowest BCUT2D eigenvalue weighted by atomic mass is 9.93. The second-order valence-corrected chi connectivity index (χ2v) is 6.46. The van der Waals surface area contributed by atoms with Gasteiger partial charge in [-0.25, -0.2) is 4.98 Å². The molecule has 134 valence electrons. The van der Waals surface area contributed by atoms with Crippen molar-refractivity contribution in [1.29, 1.82) is 0 Å². The van der Waals surface area contributed by atoms with Crippen LogP contribution < -0.4 is 10.6 Å². The lowest BCUT2D eigenvalue weighted by Crippen LogP contribution is -2.36. The Morgan fingerprint density at radius 1 is 1.19 bits per heavy atom. The minimum atomic E-state index is -0.435. The summed E-state index contributed by atoms with van der Waals surface area (Å²) in [5.74, 6) is 7.89. The van der Waals surface area contributed by atoms with E-state index in [1.165, 1.54) is 11.0 Å². The van der Waals surface area contributed by atoms with Gasteiger partial charge in [0.1, 0.15) is 18.2 Å². The maximum Gasteiger partial charge on any atom is 0.258 e. The van der Waals surface area contributed by atoms with E-state index in [2.05, 4.69) is 61.4 Å². The summed E-state index contributed by atoms with van der Waals surface area (Å²) in [4.78, 5) is 18.2. The number of nitrogens with zero attached hydrogens (tertiary/aromatic N) is 6. The molecule has 2 N–H and O–H groups in total. The highest BCUT2D eigenvalue weighted by molar-refractivity contribution is 7.10. The fraction of sp³-hybridized carbons (Fsp3) is 0.353. The van der Waals surface area contributed by atoms with Crippen molar-refractivity contribution in [2.75, 3.05) is 17.7 Å². The van der Waals surface area contributed by atoms with Gasteiger partial charge < -0.3 is 10.6 Å². The van der Waals surface area contributed by atoms with Crippen molar-refractivity contribution in [1.82, 2.24) is 29.7 Å². The molecule has 0 atom stereocenters. The molecule has 0 aromatic carbocycles. The number of hydrogen-bond acceptors (Lipinski definition) is 8. The third-order valence-corrected chi connectivity index (χ3v) is 4.76. The van der Waals surface area contributed by atoms with Gasteiger partial charge in [-0.1, -0.05) is 31.8 Å². The summed E-state index contributed by atoms with van der Waals surface area (Å²) in [6, 6.07) is 4.01. The summed E-state index contributed by atoms with van der Waals surface area (Å²) in [5.41, 5.74) is -0.435. The summed E-state index contributed by atoms with van der Waals surface area (Å²) in [5, 5.41) is 12.4. The Hall–Kier alpha value is -2.99. The van der Waals surface area contributed by atoms with Gasteiger partial charge in [0.2, 0.25) is 11.9 Å². The third kappa shape index (κ3) is 3.97. The zero-order valence-corrected chi connectivity index (χ0v) is 15.7. The largest absolute Gasteiger partial charge is 0.357 e. The molecule has 0 unspecified atom stereocenters. The Morgan fingerprint density at radius 2 is 2.00 bits per heavy atom. The molecular formula is C17H20N8S. The molecule has 26 heavy (non-hydrogen) atoms. The first-order valence-electron chi connectivity index (χ1n) is 8.31. The van der Waals surface area contributed by atoms with Crippen LogP contribution in [0, 0.1) is 11.8 Å². The van der Waals surface area contributed by atoms with E-state index in [4.69, 9.17) is 0 Å². The van der Waals surface area contributed by atoms with Gasteiger partial charge in [0, 0.05) is 7.05 Å². The van der Waals surface area contributed by atoms with Crippen LogP contribution in [0.3, 0.4) is 0 Å². The number of rotatable bonds is 6. The SMILES string of the molecule is CCC(C#Cc1cccs1)(CC)Nc1nc(NC)nc(-n2cncn2)n1. The molecular weight excluding hydrogens is 348 g/mol. The molecule has 0 aliphatic heterocycles. The molecule has 9 heteroatoms. The van der Waals surface area contributed by atoms with Crippen molar-refractivity contribution in [2.45, 2.75) is 32.2 Å². The standard InChI is InChI=1S/C17H20N8S/c1-4-17(5-2,9-8-13-7-6-10-26-13)24-15-21-14(18-3)22-16(23-15)25-12-19-11-20-25/h6-7,10-12H,4-5H2,1-3H3,(H2,18,21,22,23,24). The molecule has 3 heterocycles. The van der Waals surface area contributed by atoms with Crippen LogP contribution in [0.5, 0.6) is 0 Å². The number of anilines is 2. The van der Waals surface area contributed by atoms with Gasteiger partial charge in [0.15, 0.2) is 0 Å². The first-order chi connectivity index (χ1) is 12.7. The number of aromatic nitrogens is 6. The molecule has 3 rings (SSSR count). The van der Waals surface area contributed by atoms with Crippen LogP contribution >= 0.6 is 11.3 Å². The fourth-order valence-corrected chi connectivity index (χ4v) is 2.90. The van der Waals surface area contributed by atoms with E-state index in [0.717, 1.165) is 17.7 Å². The minimum absolute atomic E-state index is 0.386. The van der Waals surface area contributed by atoms with E-state index < -0.39 is 5.54 Å². The maximum atomic E-state index is 4.47. The molecule has 0 aliphatic rings. The summed E-state index contributed by atoms with van der Waals surface area (Å²) in [7, 11) is 1.76. The third-order valence-electron chi connectivity index (χ3n) is 3.98. The van der Waals surface area contributed by atoms with Gasteiger partial charge >= 0.3 is 0 Å².